The van der Waals surface area contributed by atoms with E-state index < -0.39 is 59.0 Å². The normalized spacial score (nSPS) is 18.4. The summed E-state index contributed by atoms with van der Waals surface area (Å²) in [5, 5.41) is 6.86. The average molecular weight is 708 g/mol. The zero-order valence-corrected chi connectivity index (χ0v) is 27.9. The number of cyclic esters (lactones) is 1. The molecule has 1 aromatic carbocycles. The summed E-state index contributed by atoms with van der Waals surface area (Å²) in [6.45, 7) is 8.83. The summed E-state index contributed by atoms with van der Waals surface area (Å²) in [4.78, 5) is 63.7. The van der Waals surface area contributed by atoms with Crippen molar-refractivity contribution in [3.63, 3.8) is 0 Å². The van der Waals surface area contributed by atoms with Gasteiger partial charge in [0.25, 0.3) is 5.56 Å². The van der Waals surface area contributed by atoms with Crippen molar-refractivity contribution in [2.75, 3.05) is 67.5 Å². The minimum atomic E-state index is -4.77. The van der Waals surface area contributed by atoms with E-state index in [1.165, 1.54) is 4.57 Å². The molecule has 3 aliphatic heterocycles. The van der Waals surface area contributed by atoms with E-state index in [0.717, 1.165) is 10.6 Å². The molecule has 0 bridgehead atoms. The van der Waals surface area contributed by atoms with E-state index in [4.69, 9.17) is 9.47 Å². The zero-order valence-electron chi connectivity index (χ0n) is 27.9. The molecule has 3 amide bonds. The lowest BCUT2D eigenvalue weighted by molar-refractivity contribution is -0.137. The van der Waals surface area contributed by atoms with Gasteiger partial charge in [-0.15, -0.1) is 5.10 Å². The molecule has 1 N–H and O–H groups in total. The molecule has 1 atom stereocenters. The number of piperazine rings is 2. The number of carbonyl (C=O) groups excluding carboxylic acids is 3. The second kappa shape index (κ2) is 13.0. The van der Waals surface area contributed by atoms with Crippen molar-refractivity contribution in [2.45, 2.75) is 58.5 Å². The van der Waals surface area contributed by atoms with Crippen molar-refractivity contribution in [3.05, 3.63) is 45.6 Å². The van der Waals surface area contributed by atoms with Gasteiger partial charge in [0.05, 0.1) is 23.0 Å². The van der Waals surface area contributed by atoms with Crippen LogP contribution in [0.25, 0.3) is 5.78 Å². The maximum atomic E-state index is 14.7. The first-order chi connectivity index (χ1) is 23.5. The number of rotatable bonds is 6. The molecule has 50 heavy (non-hydrogen) atoms. The summed E-state index contributed by atoms with van der Waals surface area (Å²) in [5.74, 6) is -1.86. The molecule has 5 heterocycles. The van der Waals surface area contributed by atoms with Gasteiger partial charge in [-0.1, -0.05) is 6.92 Å². The van der Waals surface area contributed by atoms with Gasteiger partial charge in [-0.25, -0.2) is 14.0 Å². The Kier molecular flexibility index (Phi) is 9.02. The molecule has 0 unspecified atom stereocenters. The molecule has 6 rings (SSSR count). The zero-order chi connectivity index (χ0) is 36.1. The number of ether oxygens (including phenoxy) is 2. The van der Waals surface area contributed by atoms with Crippen LogP contribution in [0.3, 0.4) is 0 Å². The summed E-state index contributed by atoms with van der Waals surface area (Å²) < 4.78 is 67.2. The molecule has 0 spiro atoms. The lowest BCUT2D eigenvalue weighted by atomic mass is 10.2. The minimum absolute atomic E-state index is 0.0159. The molecule has 2 aromatic heterocycles. The van der Waals surface area contributed by atoms with Crippen molar-refractivity contribution in [1.29, 1.82) is 0 Å². The van der Waals surface area contributed by atoms with Gasteiger partial charge in [-0.2, -0.15) is 22.7 Å². The molecule has 3 fully saturated rings. The van der Waals surface area contributed by atoms with Crippen molar-refractivity contribution in [3.8, 4) is 0 Å². The number of hydrogen-bond donors (Lipinski definition) is 1. The third-order valence-corrected chi connectivity index (χ3v) is 8.67. The van der Waals surface area contributed by atoms with Crippen LogP contribution in [0.4, 0.5) is 44.5 Å². The van der Waals surface area contributed by atoms with E-state index >= 15 is 0 Å². The van der Waals surface area contributed by atoms with Crippen molar-refractivity contribution >= 4 is 41.2 Å². The van der Waals surface area contributed by atoms with Gasteiger partial charge in [0.15, 0.2) is 0 Å². The molecular weight excluding hydrogens is 670 g/mol. The molecule has 15 nitrogen and oxygen atoms in total. The third-order valence-electron chi connectivity index (χ3n) is 8.67. The van der Waals surface area contributed by atoms with Crippen molar-refractivity contribution in [1.82, 2.24) is 29.0 Å². The summed E-state index contributed by atoms with van der Waals surface area (Å²) in [5.41, 5.74) is -2.22. The summed E-state index contributed by atoms with van der Waals surface area (Å²) in [7, 11) is 0. The molecule has 270 valence electrons. The molecule has 19 heteroatoms. The van der Waals surface area contributed by atoms with E-state index in [1.807, 2.05) is 4.90 Å². The molecule has 3 aliphatic rings. The topological polar surface area (TPSA) is 147 Å². The predicted molar refractivity (Wildman–Crippen MR) is 171 cm³/mol. The SMILES string of the molecule is CCc1c(N2CCN(C(=O)OC(C)(C)C)CC2)c(=O)n2nc(N3CCN4C(=O)OC[C@H]4C3)nc2n1CC(=O)Nc1ccc(C(F)(F)F)cc1F. The van der Waals surface area contributed by atoms with E-state index in [9.17, 15) is 36.7 Å². The van der Waals surface area contributed by atoms with Crippen LogP contribution in [0.2, 0.25) is 0 Å². The highest BCUT2D eigenvalue weighted by atomic mass is 19.4. The molecule has 3 saturated heterocycles. The Bertz CT molecular complexity index is 1880. The Hall–Kier alpha value is -5.10. The quantitative estimate of drug-likeness (QED) is 0.380. The first-order valence-electron chi connectivity index (χ1n) is 16.1. The summed E-state index contributed by atoms with van der Waals surface area (Å²) >= 11 is 0. The average Bonchev–Trinajstić information content (AvgIpc) is 3.66. The number of anilines is 3. The van der Waals surface area contributed by atoms with Gasteiger partial charge in [0.2, 0.25) is 17.6 Å². The van der Waals surface area contributed by atoms with Gasteiger partial charge in [-0.05, 0) is 45.4 Å². The highest BCUT2D eigenvalue weighted by molar-refractivity contribution is 5.91. The molecule has 0 saturated carbocycles. The van der Waals surface area contributed by atoms with Gasteiger partial charge < -0.3 is 34.1 Å². The first kappa shape index (κ1) is 34.8. The molecule has 3 aromatic rings. The number of hydrogen-bond acceptors (Lipinski definition) is 10. The predicted octanol–water partition coefficient (Wildman–Crippen LogP) is 2.95. The van der Waals surface area contributed by atoms with Gasteiger partial charge in [0.1, 0.15) is 30.3 Å². The summed E-state index contributed by atoms with van der Waals surface area (Å²) in [6, 6.07) is 1.55. The highest BCUT2D eigenvalue weighted by Crippen LogP contribution is 2.31. The van der Waals surface area contributed by atoms with Crippen LogP contribution in [-0.2, 0) is 33.4 Å². The number of halogens is 4. The van der Waals surface area contributed by atoms with Crippen LogP contribution >= 0.6 is 0 Å². The number of amides is 3. The number of fused-ring (bicyclic) bond motifs is 2. The lowest BCUT2D eigenvalue weighted by Crippen LogP contribution is -2.52. The Morgan fingerprint density at radius 1 is 1.04 bits per heavy atom. The number of alkyl halides is 3. The van der Waals surface area contributed by atoms with Crippen LogP contribution in [0.1, 0.15) is 39.0 Å². The Balaban J connectivity index is 1.35. The number of benzene rings is 1. The molecule has 0 radical (unpaired) electrons. The van der Waals surface area contributed by atoms with Gasteiger partial charge in [0, 0.05) is 45.8 Å². The smallest absolute Gasteiger partial charge is 0.416 e. The van der Waals surface area contributed by atoms with Crippen LogP contribution in [0, 0.1) is 5.82 Å². The third kappa shape index (κ3) is 6.84. The molecular formula is C31H37F4N9O6. The molecule has 0 aliphatic carbocycles. The van der Waals surface area contributed by atoms with Crippen molar-refractivity contribution in [2.24, 2.45) is 0 Å². The van der Waals surface area contributed by atoms with Crippen molar-refractivity contribution < 1.29 is 41.4 Å². The van der Waals surface area contributed by atoms with E-state index in [2.05, 4.69) is 15.4 Å². The van der Waals surface area contributed by atoms with E-state index in [-0.39, 0.29) is 62.7 Å². The fraction of sp³-hybridized carbons (Fsp3) is 0.548. The monoisotopic (exact) mass is 707 g/mol. The Labute approximate surface area is 283 Å². The standard InChI is InChI=1S/C31H37F4N9O6/c1-5-22-24(39-8-10-40(11-9-39)28(47)50-30(2,3)4)25(46)44-27(37-26(38-44)41-12-13-42-19(15-41)17-49-29(42)48)43(22)16-23(45)36-21-7-6-18(14-20(21)32)31(33,34)35/h6-7,14,19H,5,8-13,15-17H2,1-4H3,(H,36,45)/t19-/m1/s1. The maximum absolute atomic E-state index is 14.7. The fourth-order valence-corrected chi connectivity index (χ4v) is 6.29. The maximum Gasteiger partial charge on any atom is 0.416 e. The number of carbonyl (C=O) groups is 3. The second-order valence-electron chi connectivity index (χ2n) is 13.2. The number of nitrogens with one attached hydrogen (secondary N) is 1. The number of aromatic nitrogens is 4. The van der Waals surface area contributed by atoms with Gasteiger partial charge in [-0.3, -0.25) is 14.5 Å². The second-order valence-corrected chi connectivity index (χ2v) is 13.2. The fourth-order valence-electron chi connectivity index (χ4n) is 6.29. The van der Waals surface area contributed by atoms with Crippen LogP contribution in [0.15, 0.2) is 23.0 Å². The van der Waals surface area contributed by atoms with Crippen LogP contribution < -0.4 is 20.7 Å². The van der Waals surface area contributed by atoms with Gasteiger partial charge >= 0.3 is 18.4 Å². The Morgan fingerprint density at radius 2 is 1.74 bits per heavy atom. The minimum Gasteiger partial charge on any atom is -0.447 e. The van der Waals surface area contributed by atoms with E-state index in [1.54, 1.807) is 42.4 Å². The largest absolute Gasteiger partial charge is 0.447 e. The highest BCUT2D eigenvalue weighted by Gasteiger charge is 2.39. The van der Waals surface area contributed by atoms with Crippen LogP contribution in [0.5, 0.6) is 0 Å². The lowest BCUT2D eigenvalue weighted by Gasteiger charge is -2.37. The Morgan fingerprint density at radius 3 is 2.38 bits per heavy atom. The number of nitrogens with zero attached hydrogens (tertiary/aromatic N) is 8. The first-order valence-corrected chi connectivity index (χ1v) is 16.1. The summed E-state index contributed by atoms with van der Waals surface area (Å²) in [6.07, 6.45) is -5.41. The van der Waals surface area contributed by atoms with E-state index in [0.29, 0.717) is 37.5 Å². The van der Waals surface area contributed by atoms with Crippen LogP contribution in [-0.4, -0.2) is 111 Å².